The van der Waals surface area contributed by atoms with E-state index in [4.69, 9.17) is 29.3 Å². The zero-order valence-corrected chi connectivity index (χ0v) is 37.2. The number of aromatic nitrogens is 5. The molecule has 3 aromatic heterocycles. The summed E-state index contributed by atoms with van der Waals surface area (Å²) >= 11 is 0. The number of nitrogens with zero attached hydrogens (tertiary/aromatic N) is 5. The van der Waals surface area contributed by atoms with Crippen LogP contribution in [0.2, 0.25) is 0 Å². The summed E-state index contributed by atoms with van der Waals surface area (Å²) in [6.45, 7) is 0. The molecule has 0 bridgehead atoms. The van der Waals surface area contributed by atoms with Gasteiger partial charge in [-0.05, 0) is 62.5 Å². The van der Waals surface area contributed by atoms with Crippen molar-refractivity contribution in [3.63, 3.8) is 0 Å². The van der Waals surface area contributed by atoms with Gasteiger partial charge in [0.05, 0.1) is 11.4 Å². The highest BCUT2D eigenvalue weighted by molar-refractivity contribution is 6.09. The molecule has 69 heavy (non-hydrogen) atoms. The van der Waals surface area contributed by atoms with Gasteiger partial charge in [0.2, 0.25) is 0 Å². The third-order valence-corrected chi connectivity index (χ3v) is 13.0. The number of fused-ring (bicyclic) bond motifs is 5. The van der Waals surface area contributed by atoms with Crippen LogP contribution in [-0.2, 0) is 0 Å². The van der Waals surface area contributed by atoms with Crippen LogP contribution in [0.15, 0.2) is 241 Å². The van der Waals surface area contributed by atoms with E-state index >= 15 is 0 Å². The molecule has 0 aliphatic heterocycles. The summed E-state index contributed by atoms with van der Waals surface area (Å²) in [7, 11) is 0. The van der Waals surface area contributed by atoms with Gasteiger partial charge >= 0.3 is 0 Å². The van der Waals surface area contributed by atoms with E-state index in [1.807, 2.05) is 30.3 Å². The first-order chi connectivity index (χ1) is 34.2. The van der Waals surface area contributed by atoms with Crippen molar-refractivity contribution < 1.29 is 4.42 Å². The Balaban J connectivity index is 0.891. The molecule has 13 aromatic rings. The number of rotatable bonds is 8. The Bertz CT molecular complexity index is 3980. The Labute approximate surface area is 398 Å². The van der Waals surface area contributed by atoms with Crippen LogP contribution in [0.25, 0.3) is 134 Å². The van der Waals surface area contributed by atoms with Crippen molar-refractivity contribution in [1.29, 1.82) is 0 Å². The number of benzene rings is 10. The van der Waals surface area contributed by atoms with Gasteiger partial charge in [0.25, 0.3) is 0 Å². The molecule has 10 aromatic carbocycles. The fourth-order valence-corrected chi connectivity index (χ4v) is 9.54. The molecule has 3 heterocycles. The van der Waals surface area contributed by atoms with Crippen LogP contribution in [0.3, 0.4) is 0 Å². The van der Waals surface area contributed by atoms with Crippen molar-refractivity contribution in [2.45, 2.75) is 0 Å². The van der Waals surface area contributed by atoms with E-state index in [1.165, 1.54) is 0 Å². The minimum absolute atomic E-state index is 0.599. The lowest BCUT2D eigenvalue weighted by Crippen LogP contribution is -2.01. The predicted molar refractivity (Wildman–Crippen MR) is 281 cm³/mol. The molecule has 0 aliphatic carbocycles. The highest BCUT2D eigenvalue weighted by Crippen LogP contribution is 2.38. The third kappa shape index (κ3) is 7.37. The monoisotopic (exact) mass is 881 g/mol. The van der Waals surface area contributed by atoms with Crippen LogP contribution >= 0.6 is 0 Å². The molecule has 6 nitrogen and oxygen atoms in total. The molecule has 0 atom stereocenters. The standard InChI is InChI=1S/C63H39N5O/c1-2-17-44(18-3-1)60-64-56(43-35-33-42(34-36-43)51-28-14-29-53-52-27-8-9-32-58(52)69-59(51)53)39-57(65-60)47-23-10-21-45(37-47)46-22-11-24-48(38-46)61-66-62(54-30-12-19-40-15-4-6-25-49(40)54)68-63(67-61)55-31-13-20-41-16-5-7-26-50(41)55/h1-39H. The Hall–Kier alpha value is -9.39. The minimum Gasteiger partial charge on any atom is -0.455 e. The Morgan fingerprint density at radius 2 is 0.696 bits per heavy atom. The largest absolute Gasteiger partial charge is 0.455 e. The van der Waals surface area contributed by atoms with E-state index in [0.717, 1.165) is 111 Å². The molecule has 13 rings (SSSR count). The maximum Gasteiger partial charge on any atom is 0.164 e. The second-order valence-corrected chi connectivity index (χ2v) is 17.2. The zero-order valence-electron chi connectivity index (χ0n) is 37.2. The van der Waals surface area contributed by atoms with Crippen molar-refractivity contribution in [3.05, 3.63) is 237 Å². The van der Waals surface area contributed by atoms with Gasteiger partial charge in [-0.2, -0.15) is 0 Å². The molecule has 0 fully saturated rings. The highest BCUT2D eigenvalue weighted by atomic mass is 16.3. The lowest BCUT2D eigenvalue weighted by molar-refractivity contribution is 0.670. The molecule has 0 spiro atoms. The molecule has 0 saturated carbocycles. The van der Waals surface area contributed by atoms with Crippen LogP contribution in [0.5, 0.6) is 0 Å². The summed E-state index contributed by atoms with van der Waals surface area (Å²) < 4.78 is 6.39. The Morgan fingerprint density at radius 1 is 0.246 bits per heavy atom. The van der Waals surface area contributed by atoms with Gasteiger partial charge in [0.15, 0.2) is 23.3 Å². The van der Waals surface area contributed by atoms with Gasteiger partial charge < -0.3 is 4.42 Å². The second-order valence-electron chi connectivity index (χ2n) is 17.2. The summed E-state index contributed by atoms with van der Waals surface area (Å²) in [5.74, 6) is 2.51. The van der Waals surface area contributed by atoms with Crippen LogP contribution in [0.4, 0.5) is 0 Å². The van der Waals surface area contributed by atoms with Gasteiger partial charge in [-0.15, -0.1) is 0 Å². The fourth-order valence-electron chi connectivity index (χ4n) is 9.54. The van der Waals surface area contributed by atoms with E-state index in [1.54, 1.807) is 0 Å². The van der Waals surface area contributed by atoms with E-state index in [9.17, 15) is 0 Å². The first-order valence-corrected chi connectivity index (χ1v) is 23.1. The van der Waals surface area contributed by atoms with Crippen molar-refractivity contribution in [1.82, 2.24) is 24.9 Å². The molecule has 0 unspecified atom stereocenters. The van der Waals surface area contributed by atoms with E-state index < -0.39 is 0 Å². The maximum absolute atomic E-state index is 6.39. The topological polar surface area (TPSA) is 77.6 Å². The van der Waals surface area contributed by atoms with Crippen LogP contribution in [0.1, 0.15) is 0 Å². The summed E-state index contributed by atoms with van der Waals surface area (Å²) in [5, 5.41) is 6.65. The maximum atomic E-state index is 6.39. The van der Waals surface area contributed by atoms with Crippen LogP contribution in [-0.4, -0.2) is 24.9 Å². The van der Waals surface area contributed by atoms with Crippen molar-refractivity contribution in [2.75, 3.05) is 0 Å². The number of furan rings is 1. The lowest BCUT2D eigenvalue weighted by Gasteiger charge is -2.13. The van der Waals surface area contributed by atoms with Crippen molar-refractivity contribution >= 4 is 43.5 Å². The average Bonchev–Trinajstić information content (AvgIpc) is 3.82. The summed E-state index contributed by atoms with van der Waals surface area (Å²) in [5.41, 5.74) is 13.3. The Morgan fingerprint density at radius 3 is 1.39 bits per heavy atom. The summed E-state index contributed by atoms with van der Waals surface area (Å²) in [6.07, 6.45) is 0. The van der Waals surface area contributed by atoms with Gasteiger partial charge in [-0.3, -0.25) is 0 Å². The van der Waals surface area contributed by atoms with E-state index in [2.05, 4.69) is 206 Å². The fraction of sp³-hybridized carbons (Fsp3) is 0. The molecule has 0 radical (unpaired) electrons. The number of hydrogen-bond acceptors (Lipinski definition) is 6. The molecule has 0 aliphatic rings. The summed E-state index contributed by atoms with van der Waals surface area (Å²) in [6, 6.07) is 81.7. The Kier molecular flexibility index (Phi) is 9.72. The van der Waals surface area contributed by atoms with Gasteiger partial charge in [-0.1, -0.05) is 212 Å². The quantitative estimate of drug-likeness (QED) is 0.151. The smallest absolute Gasteiger partial charge is 0.164 e. The van der Waals surface area contributed by atoms with Crippen LogP contribution < -0.4 is 0 Å². The SMILES string of the molecule is c1ccc(-c2nc(-c3ccc(-c4cccc5c4oc4ccccc45)cc3)cc(-c3cccc(-c4cccc(-c5nc(-c6cccc7ccccc67)nc(-c6cccc7ccccc67)n5)c4)c3)n2)cc1. The first kappa shape index (κ1) is 39.9. The molecule has 6 heteroatoms. The molecule has 0 amide bonds. The van der Waals surface area contributed by atoms with Crippen molar-refractivity contribution in [3.8, 4) is 90.3 Å². The van der Waals surface area contributed by atoms with Gasteiger partial charge in [0, 0.05) is 49.7 Å². The highest BCUT2D eigenvalue weighted by Gasteiger charge is 2.18. The molecule has 0 saturated heterocycles. The zero-order chi connectivity index (χ0) is 45.7. The lowest BCUT2D eigenvalue weighted by atomic mass is 9.98. The van der Waals surface area contributed by atoms with Gasteiger partial charge in [0.1, 0.15) is 11.2 Å². The van der Waals surface area contributed by atoms with Crippen LogP contribution in [0, 0.1) is 0 Å². The van der Waals surface area contributed by atoms with Gasteiger partial charge in [-0.25, -0.2) is 24.9 Å². The normalized spacial score (nSPS) is 11.5. The van der Waals surface area contributed by atoms with E-state index in [0.29, 0.717) is 23.3 Å². The van der Waals surface area contributed by atoms with E-state index in [-0.39, 0.29) is 0 Å². The molecular formula is C63H39N5O. The summed E-state index contributed by atoms with van der Waals surface area (Å²) in [4.78, 5) is 25.9. The first-order valence-electron chi connectivity index (χ1n) is 23.1. The third-order valence-electron chi connectivity index (χ3n) is 13.0. The molecule has 322 valence electrons. The minimum atomic E-state index is 0.599. The predicted octanol–water partition coefficient (Wildman–Crippen LogP) is 16.2. The molecular weight excluding hydrogens is 843 g/mol. The second kappa shape index (κ2) is 16.8. The number of para-hydroxylation sites is 2. The number of hydrogen-bond donors (Lipinski definition) is 0. The molecule has 0 N–H and O–H groups in total. The van der Waals surface area contributed by atoms with Crippen molar-refractivity contribution in [2.24, 2.45) is 0 Å². The average molecular weight is 882 g/mol.